The molecule has 0 fully saturated rings. The largest absolute Gasteiger partial charge is 0.353 e. The first kappa shape index (κ1) is 13.4. The summed E-state index contributed by atoms with van der Waals surface area (Å²) in [7, 11) is 0. The van der Waals surface area contributed by atoms with Gasteiger partial charge in [-0.3, -0.25) is 9.79 Å². The molecule has 0 radical (unpaired) electrons. The number of hydrogen-bond donors (Lipinski definition) is 1. The fourth-order valence-electron chi connectivity index (χ4n) is 1.61. The molecule has 1 rings (SSSR count). The summed E-state index contributed by atoms with van der Waals surface area (Å²) < 4.78 is 0. The minimum atomic E-state index is -0.184. The van der Waals surface area contributed by atoms with Crippen LogP contribution in [0.4, 0.5) is 0 Å². The van der Waals surface area contributed by atoms with Crippen LogP contribution in [0.2, 0.25) is 0 Å². The predicted octanol–water partition coefficient (Wildman–Crippen LogP) is 1.32. The van der Waals surface area contributed by atoms with Crippen molar-refractivity contribution in [2.75, 3.05) is 19.6 Å². The highest BCUT2D eigenvalue weighted by atomic mass is 32.2. The molecule has 1 N–H and O–H groups in total. The third kappa shape index (κ3) is 3.40. The van der Waals surface area contributed by atoms with E-state index >= 15 is 0 Å². The van der Waals surface area contributed by atoms with Crippen LogP contribution >= 0.6 is 11.8 Å². The Morgan fingerprint density at radius 2 is 2.25 bits per heavy atom. The topological polar surface area (TPSA) is 44.7 Å². The number of nitrogens with zero attached hydrogens (tertiary/aromatic N) is 2. The van der Waals surface area contributed by atoms with Gasteiger partial charge in [0.2, 0.25) is 5.91 Å². The smallest absolute Gasteiger partial charge is 0.244 e. The Kier molecular flexibility index (Phi) is 5.12. The Bertz CT molecular complexity index is 276. The quantitative estimate of drug-likeness (QED) is 0.810. The number of likely N-dealkylation sites (N-methyl/N-ethyl adjacent to an activating group) is 1. The SMILES string of the molecule is CCN(CC)C(=O)C(C)NC1=NCC(C)S1. The van der Waals surface area contributed by atoms with Crippen molar-refractivity contribution in [3.8, 4) is 0 Å². The van der Waals surface area contributed by atoms with Crippen molar-refractivity contribution in [2.45, 2.75) is 39.0 Å². The summed E-state index contributed by atoms with van der Waals surface area (Å²) in [6.07, 6.45) is 0. The minimum Gasteiger partial charge on any atom is -0.353 e. The van der Waals surface area contributed by atoms with E-state index in [9.17, 15) is 4.79 Å². The number of amidine groups is 1. The van der Waals surface area contributed by atoms with Gasteiger partial charge in [0.1, 0.15) is 6.04 Å². The number of thioether (sulfide) groups is 1. The molecule has 4 nitrogen and oxygen atoms in total. The highest BCUT2D eigenvalue weighted by molar-refractivity contribution is 8.14. The van der Waals surface area contributed by atoms with Gasteiger partial charge >= 0.3 is 0 Å². The Labute approximate surface area is 102 Å². The Balaban J connectivity index is 2.45. The molecule has 1 aliphatic heterocycles. The van der Waals surface area contributed by atoms with Gasteiger partial charge in [0.15, 0.2) is 5.17 Å². The summed E-state index contributed by atoms with van der Waals surface area (Å²) in [5, 5.41) is 4.61. The van der Waals surface area contributed by atoms with Crippen LogP contribution in [0.1, 0.15) is 27.7 Å². The zero-order valence-electron chi connectivity index (χ0n) is 10.5. The lowest BCUT2D eigenvalue weighted by atomic mass is 10.3. The molecule has 16 heavy (non-hydrogen) atoms. The fourth-order valence-corrected chi connectivity index (χ4v) is 2.54. The number of amides is 1. The average molecular weight is 243 g/mol. The normalized spacial score (nSPS) is 21.5. The molecule has 0 spiro atoms. The summed E-state index contributed by atoms with van der Waals surface area (Å²) in [4.78, 5) is 18.2. The lowest BCUT2D eigenvalue weighted by Gasteiger charge is -2.23. The van der Waals surface area contributed by atoms with Crippen molar-refractivity contribution in [2.24, 2.45) is 4.99 Å². The second kappa shape index (κ2) is 6.13. The van der Waals surface area contributed by atoms with Gasteiger partial charge in [0, 0.05) is 18.3 Å². The molecule has 0 bridgehead atoms. The van der Waals surface area contributed by atoms with E-state index in [0.717, 1.165) is 24.8 Å². The van der Waals surface area contributed by atoms with E-state index in [-0.39, 0.29) is 11.9 Å². The standard InChI is InChI=1S/C11H21N3OS/c1-5-14(6-2)10(15)9(4)13-11-12-7-8(3)16-11/h8-9H,5-7H2,1-4H3,(H,12,13). The summed E-state index contributed by atoms with van der Waals surface area (Å²) in [5.41, 5.74) is 0. The first-order valence-corrected chi connectivity index (χ1v) is 6.72. The summed E-state index contributed by atoms with van der Waals surface area (Å²) in [6, 6.07) is -0.184. The maximum atomic E-state index is 12.0. The van der Waals surface area contributed by atoms with Crippen LogP contribution in [0.25, 0.3) is 0 Å². The van der Waals surface area contributed by atoms with Gasteiger partial charge in [0.25, 0.3) is 0 Å². The third-order valence-corrected chi connectivity index (χ3v) is 3.61. The first-order chi connectivity index (χ1) is 7.58. The van der Waals surface area contributed by atoms with E-state index < -0.39 is 0 Å². The monoisotopic (exact) mass is 243 g/mol. The van der Waals surface area contributed by atoms with Crippen LogP contribution in [-0.2, 0) is 4.79 Å². The van der Waals surface area contributed by atoms with Gasteiger partial charge in [-0.25, -0.2) is 0 Å². The number of nitrogens with one attached hydrogen (secondary N) is 1. The number of hydrogen-bond acceptors (Lipinski definition) is 4. The summed E-state index contributed by atoms with van der Waals surface area (Å²) in [6.45, 7) is 10.4. The highest BCUT2D eigenvalue weighted by Gasteiger charge is 2.22. The van der Waals surface area contributed by atoms with Crippen LogP contribution in [0.15, 0.2) is 4.99 Å². The molecule has 1 amide bonds. The van der Waals surface area contributed by atoms with Crippen LogP contribution in [0.5, 0.6) is 0 Å². The van der Waals surface area contributed by atoms with E-state index in [1.54, 1.807) is 11.8 Å². The van der Waals surface area contributed by atoms with Gasteiger partial charge in [-0.05, 0) is 20.8 Å². The molecule has 5 heteroatoms. The summed E-state index contributed by atoms with van der Waals surface area (Å²) >= 11 is 1.71. The van der Waals surface area contributed by atoms with Crippen LogP contribution in [-0.4, -0.2) is 46.9 Å². The average Bonchev–Trinajstić information content (AvgIpc) is 2.65. The lowest BCUT2D eigenvalue weighted by Crippen LogP contribution is -2.46. The molecule has 0 aromatic rings. The predicted molar refractivity (Wildman–Crippen MR) is 69.9 cm³/mol. The number of aliphatic imine (C=N–C) groups is 1. The van der Waals surface area contributed by atoms with E-state index in [1.807, 2.05) is 25.7 Å². The van der Waals surface area contributed by atoms with Crippen LogP contribution < -0.4 is 5.32 Å². The molecule has 0 aliphatic carbocycles. The molecule has 2 atom stereocenters. The second-order valence-corrected chi connectivity index (χ2v) is 5.38. The van der Waals surface area contributed by atoms with E-state index in [4.69, 9.17) is 0 Å². The molecule has 1 heterocycles. The molecular weight excluding hydrogens is 222 g/mol. The molecule has 0 aromatic carbocycles. The Morgan fingerprint density at radius 3 is 2.69 bits per heavy atom. The van der Waals surface area contributed by atoms with Gasteiger partial charge in [-0.1, -0.05) is 18.7 Å². The molecule has 0 saturated carbocycles. The third-order valence-electron chi connectivity index (χ3n) is 2.59. The lowest BCUT2D eigenvalue weighted by molar-refractivity contribution is -0.132. The van der Waals surface area contributed by atoms with Crippen LogP contribution in [0.3, 0.4) is 0 Å². The van der Waals surface area contributed by atoms with Gasteiger partial charge < -0.3 is 10.2 Å². The molecule has 92 valence electrons. The Morgan fingerprint density at radius 1 is 1.62 bits per heavy atom. The van der Waals surface area contributed by atoms with E-state index in [2.05, 4.69) is 17.2 Å². The number of rotatable bonds is 4. The molecular formula is C11H21N3OS. The second-order valence-electron chi connectivity index (χ2n) is 3.95. The maximum Gasteiger partial charge on any atom is 0.244 e. The van der Waals surface area contributed by atoms with Crippen molar-refractivity contribution in [1.29, 1.82) is 0 Å². The van der Waals surface area contributed by atoms with Crippen molar-refractivity contribution in [1.82, 2.24) is 10.2 Å². The zero-order chi connectivity index (χ0) is 12.1. The number of carbonyl (C=O) groups is 1. The Hall–Kier alpha value is -0.710. The van der Waals surface area contributed by atoms with E-state index in [1.165, 1.54) is 0 Å². The molecule has 0 saturated heterocycles. The fraction of sp³-hybridized carbons (Fsp3) is 0.818. The molecule has 1 aliphatic rings. The molecule has 2 unspecified atom stereocenters. The van der Waals surface area contributed by atoms with Crippen molar-refractivity contribution < 1.29 is 4.79 Å². The van der Waals surface area contributed by atoms with Gasteiger partial charge in [-0.15, -0.1) is 0 Å². The minimum absolute atomic E-state index is 0.146. The molecule has 0 aromatic heterocycles. The van der Waals surface area contributed by atoms with Crippen molar-refractivity contribution >= 4 is 22.8 Å². The van der Waals surface area contributed by atoms with Crippen molar-refractivity contribution in [3.63, 3.8) is 0 Å². The van der Waals surface area contributed by atoms with Crippen LogP contribution in [0, 0.1) is 0 Å². The first-order valence-electron chi connectivity index (χ1n) is 5.84. The zero-order valence-corrected chi connectivity index (χ0v) is 11.3. The van der Waals surface area contributed by atoms with Gasteiger partial charge in [0.05, 0.1) is 6.54 Å². The highest BCUT2D eigenvalue weighted by Crippen LogP contribution is 2.18. The summed E-state index contributed by atoms with van der Waals surface area (Å²) in [5.74, 6) is 0.146. The van der Waals surface area contributed by atoms with Gasteiger partial charge in [-0.2, -0.15) is 0 Å². The van der Waals surface area contributed by atoms with E-state index in [0.29, 0.717) is 5.25 Å². The number of carbonyl (C=O) groups excluding carboxylic acids is 1. The maximum absolute atomic E-state index is 12.0. The van der Waals surface area contributed by atoms with Crippen molar-refractivity contribution in [3.05, 3.63) is 0 Å².